The average molecular weight is 365 g/mol. The van der Waals surface area contributed by atoms with Gasteiger partial charge in [-0.1, -0.05) is 15.9 Å². The molecule has 0 spiro atoms. The number of amides is 1. The Kier molecular flexibility index (Phi) is 4.65. The van der Waals surface area contributed by atoms with Gasteiger partial charge in [0.15, 0.2) is 0 Å². The smallest absolute Gasteiger partial charge is 0.412 e. The minimum atomic E-state index is -0.570. The third-order valence-electron chi connectivity index (χ3n) is 2.57. The fourth-order valence-corrected chi connectivity index (χ4v) is 2.14. The summed E-state index contributed by atoms with van der Waals surface area (Å²) in [6.45, 7) is 5.42. The van der Waals surface area contributed by atoms with Crippen LogP contribution in [0.4, 0.5) is 16.4 Å². The molecule has 1 aromatic carbocycles. The molecule has 22 heavy (non-hydrogen) atoms. The second kappa shape index (κ2) is 6.31. The molecule has 0 aliphatic heterocycles. The highest BCUT2D eigenvalue weighted by molar-refractivity contribution is 9.10. The predicted molar refractivity (Wildman–Crippen MR) is 89.4 cm³/mol. The number of hydrogen-bond acceptors (Lipinski definition) is 5. The number of benzene rings is 1. The molecule has 6 nitrogen and oxygen atoms in total. The van der Waals surface area contributed by atoms with E-state index in [-0.39, 0.29) is 5.95 Å². The van der Waals surface area contributed by atoms with Crippen LogP contribution >= 0.6 is 15.9 Å². The Hall–Kier alpha value is -2.15. The van der Waals surface area contributed by atoms with Crippen molar-refractivity contribution in [2.75, 3.05) is 11.1 Å². The Bertz CT molecular complexity index is 698. The third-order valence-corrected chi connectivity index (χ3v) is 3.06. The number of aromatic nitrogens is 2. The molecule has 2 aromatic rings. The van der Waals surface area contributed by atoms with Crippen LogP contribution in [0.25, 0.3) is 11.3 Å². The summed E-state index contributed by atoms with van der Waals surface area (Å²) in [5, 5.41) is 2.73. The van der Waals surface area contributed by atoms with Gasteiger partial charge in [0, 0.05) is 16.2 Å². The predicted octanol–water partition coefficient (Wildman–Crippen LogP) is 3.84. The Morgan fingerprint density at radius 3 is 2.68 bits per heavy atom. The number of ether oxygens (including phenoxy) is 1. The summed E-state index contributed by atoms with van der Waals surface area (Å²) in [5.74, 6) is 0.167. The number of halogens is 1. The van der Waals surface area contributed by atoms with Crippen molar-refractivity contribution >= 4 is 33.7 Å². The van der Waals surface area contributed by atoms with Crippen LogP contribution in [0.15, 0.2) is 34.9 Å². The van der Waals surface area contributed by atoms with Crippen LogP contribution in [0.1, 0.15) is 20.8 Å². The number of carbonyl (C=O) groups is 1. The number of rotatable bonds is 2. The number of nitrogens with zero attached hydrogens (tertiary/aromatic N) is 2. The highest BCUT2D eigenvalue weighted by Gasteiger charge is 2.18. The summed E-state index contributed by atoms with van der Waals surface area (Å²) in [6, 6.07) is 7.15. The Balaban J connectivity index is 2.35. The van der Waals surface area contributed by atoms with Crippen molar-refractivity contribution in [3.63, 3.8) is 0 Å². The van der Waals surface area contributed by atoms with E-state index >= 15 is 0 Å². The van der Waals surface area contributed by atoms with E-state index in [1.165, 1.54) is 0 Å². The molecule has 0 unspecified atom stereocenters. The summed E-state index contributed by atoms with van der Waals surface area (Å²) in [5.41, 5.74) is 6.96. The van der Waals surface area contributed by atoms with Gasteiger partial charge in [-0.05, 0) is 45.0 Å². The minimum Gasteiger partial charge on any atom is -0.444 e. The van der Waals surface area contributed by atoms with Crippen LogP contribution in [-0.4, -0.2) is 21.7 Å². The number of hydrogen-bond donors (Lipinski definition) is 2. The molecule has 0 saturated carbocycles. The zero-order chi connectivity index (χ0) is 16.3. The Morgan fingerprint density at radius 1 is 1.32 bits per heavy atom. The molecule has 0 aliphatic carbocycles. The van der Waals surface area contributed by atoms with Crippen molar-refractivity contribution in [2.45, 2.75) is 26.4 Å². The number of nitrogens with one attached hydrogen (secondary N) is 1. The maximum Gasteiger partial charge on any atom is 0.412 e. The standard InChI is InChI=1S/C15H17BrN4O2/c1-15(2,3)22-14(21)20-11-5-4-9(16)8-10(11)12-6-7-18-13(17)19-12/h4-8H,1-3H3,(H,20,21)(H2,17,18,19). The largest absolute Gasteiger partial charge is 0.444 e. The van der Waals surface area contributed by atoms with E-state index < -0.39 is 11.7 Å². The van der Waals surface area contributed by atoms with E-state index in [1.54, 1.807) is 39.1 Å². The molecular weight excluding hydrogens is 348 g/mol. The zero-order valence-corrected chi connectivity index (χ0v) is 14.1. The third kappa shape index (κ3) is 4.42. The van der Waals surface area contributed by atoms with Crippen molar-refractivity contribution in [1.82, 2.24) is 9.97 Å². The number of anilines is 2. The van der Waals surface area contributed by atoms with Gasteiger partial charge in [-0.3, -0.25) is 5.32 Å². The molecule has 7 heteroatoms. The molecule has 0 fully saturated rings. The lowest BCUT2D eigenvalue weighted by Crippen LogP contribution is -2.27. The normalized spacial score (nSPS) is 11.1. The first kappa shape index (κ1) is 16.2. The second-order valence-electron chi connectivity index (χ2n) is 5.62. The first-order valence-corrected chi connectivity index (χ1v) is 7.42. The maximum atomic E-state index is 12.0. The summed E-state index contributed by atoms with van der Waals surface area (Å²) in [6.07, 6.45) is 1.04. The molecule has 0 aliphatic rings. The monoisotopic (exact) mass is 364 g/mol. The van der Waals surface area contributed by atoms with E-state index in [4.69, 9.17) is 10.5 Å². The maximum absolute atomic E-state index is 12.0. The quantitative estimate of drug-likeness (QED) is 0.844. The van der Waals surface area contributed by atoms with Crippen LogP contribution in [0, 0.1) is 0 Å². The summed E-state index contributed by atoms with van der Waals surface area (Å²) >= 11 is 3.41. The highest BCUT2D eigenvalue weighted by atomic mass is 79.9. The lowest BCUT2D eigenvalue weighted by molar-refractivity contribution is 0.0636. The van der Waals surface area contributed by atoms with Crippen LogP contribution in [-0.2, 0) is 4.74 Å². The fourth-order valence-electron chi connectivity index (χ4n) is 1.77. The fraction of sp³-hybridized carbons (Fsp3) is 0.267. The van der Waals surface area contributed by atoms with Gasteiger partial charge in [0.05, 0.1) is 11.4 Å². The molecule has 3 N–H and O–H groups in total. The summed E-state index contributed by atoms with van der Waals surface area (Å²) in [4.78, 5) is 20.0. The van der Waals surface area contributed by atoms with Crippen LogP contribution in [0.5, 0.6) is 0 Å². The lowest BCUT2D eigenvalue weighted by atomic mass is 10.1. The van der Waals surface area contributed by atoms with E-state index in [9.17, 15) is 4.79 Å². The minimum absolute atomic E-state index is 0.167. The second-order valence-corrected chi connectivity index (χ2v) is 6.53. The van der Waals surface area contributed by atoms with Gasteiger partial charge in [0.25, 0.3) is 0 Å². The van der Waals surface area contributed by atoms with Gasteiger partial charge in [-0.15, -0.1) is 0 Å². The SMILES string of the molecule is CC(C)(C)OC(=O)Nc1ccc(Br)cc1-c1ccnc(N)n1. The molecule has 116 valence electrons. The topological polar surface area (TPSA) is 90.1 Å². The molecule has 1 amide bonds. The van der Waals surface area contributed by atoms with Gasteiger partial charge < -0.3 is 10.5 Å². The summed E-state index contributed by atoms with van der Waals surface area (Å²) < 4.78 is 6.12. The van der Waals surface area contributed by atoms with Crippen LogP contribution in [0.3, 0.4) is 0 Å². The first-order valence-electron chi connectivity index (χ1n) is 6.63. The van der Waals surface area contributed by atoms with Gasteiger partial charge >= 0.3 is 6.09 Å². The molecular formula is C15H17BrN4O2. The van der Waals surface area contributed by atoms with E-state index in [2.05, 4.69) is 31.2 Å². The van der Waals surface area contributed by atoms with E-state index in [1.807, 2.05) is 12.1 Å². The van der Waals surface area contributed by atoms with Crippen LogP contribution < -0.4 is 11.1 Å². The van der Waals surface area contributed by atoms with Gasteiger partial charge in [0.1, 0.15) is 5.60 Å². The van der Waals surface area contributed by atoms with Crippen molar-refractivity contribution < 1.29 is 9.53 Å². The molecule has 1 aromatic heterocycles. The van der Waals surface area contributed by atoms with Crippen molar-refractivity contribution in [2.24, 2.45) is 0 Å². The zero-order valence-electron chi connectivity index (χ0n) is 12.6. The van der Waals surface area contributed by atoms with E-state index in [0.29, 0.717) is 16.9 Å². The van der Waals surface area contributed by atoms with Gasteiger partial charge in [-0.25, -0.2) is 14.8 Å². The van der Waals surface area contributed by atoms with Crippen LogP contribution in [0.2, 0.25) is 0 Å². The van der Waals surface area contributed by atoms with E-state index in [0.717, 1.165) is 4.47 Å². The molecule has 1 heterocycles. The Morgan fingerprint density at radius 2 is 2.05 bits per heavy atom. The molecule has 0 saturated heterocycles. The molecule has 0 atom stereocenters. The average Bonchev–Trinajstić information content (AvgIpc) is 2.38. The highest BCUT2D eigenvalue weighted by Crippen LogP contribution is 2.30. The molecule has 0 radical (unpaired) electrons. The number of nitrogen functional groups attached to an aromatic ring is 1. The van der Waals surface area contributed by atoms with Gasteiger partial charge in [-0.2, -0.15) is 0 Å². The number of nitrogens with two attached hydrogens (primary N) is 1. The first-order chi connectivity index (χ1) is 10.2. The number of carbonyl (C=O) groups excluding carboxylic acids is 1. The molecule has 0 bridgehead atoms. The Labute approximate surface area is 137 Å². The lowest BCUT2D eigenvalue weighted by Gasteiger charge is -2.20. The molecule has 2 rings (SSSR count). The van der Waals surface area contributed by atoms with Crippen molar-refractivity contribution in [3.05, 3.63) is 34.9 Å². The van der Waals surface area contributed by atoms with Crippen molar-refractivity contribution in [1.29, 1.82) is 0 Å². The van der Waals surface area contributed by atoms with Crippen molar-refractivity contribution in [3.8, 4) is 11.3 Å². The van der Waals surface area contributed by atoms with Gasteiger partial charge in [0.2, 0.25) is 5.95 Å². The summed E-state index contributed by atoms with van der Waals surface area (Å²) in [7, 11) is 0.